The van der Waals surface area contributed by atoms with Crippen LogP contribution in [0.25, 0.3) is 0 Å². The van der Waals surface area contributed by atoms with E-state index in [1.807, 2.05) is 33.8 Å². The van der Waals surface area contributed by atoms with Crippen LogP contribution in [0, 0.1) is 24.1 Å². The Bertz CT molecular complexity index is 677. The number of terminal acetylenes is 1. The number of piperidine rings is 1. The number of hydrogen-bond acceptors (Lipinski definition) is 2. The van der Waals surface area contributed by atoms with Gasteiger partial charge in [0.05, 0.1) is 0 Å². The normalized spacial score (nSPS) is 15.6. The first kappa shape index (κ1) is 20.3. The molecule has 4 heteroatoms. The van der Waals surface area contributed by atoms with Crippen molar-refractivity contribution in [2.24, 2.45) is 5.92 Å². The summed E-state index contributed by atoms with van der Waals surface area (Å²) in [5, 5.41) is 0. The van der Waals surface area contributed by atoms with Crippen molar-refractivity contribution < 1.29 is 13.9 Å². The lowest BCUT2D eigenvalue weighted by Gasteiger charge is -2.33. The summed E-state index contributed by atoms with van der Waals surface area (Å²) in [5.74, 6) is 2.86. The van der Waals surface area contributed by atoms with Crippen molar-refractivity contribution in [3.63, 3.8) is 0 Å². The van der Waals surface area contributed by atoms with Gasteiger partial charge in [0.15, 0.2) is 0 Å². The van der Waals surface area contributed by atoms with Crippen LogP contribution in [-0.4, -0.2) is 29.7 Å². The van der Waals surface area contributed by atoms with Crippen molar-refractivity contribution in [3.8, 4) is 12.3 Å². The van der Waals surface area contributed by atoms with Crippen LogP contribution in [0.3, 0.4) is 0 Å². The molecule has 1 aromatic carbocycles. The molecule has 1 amide bonds. The molecule has 1 fully saturated rings. The number of carbonyl (C=O) groups excluding carboxylic acids is 1. The number of hydrogen-bond donors (Lipinski definition) is 0. The lowest BCUT2D eigenvalue weighted by Crippen LogP contribution is -2.41. The molecule has 2 rings (SSSR count). The van der Waals surface area contributed by atoms with Crippen molar-refractivity contribution in [1.29, 1.82) is 0 Å². The standard InChI is InChI=1S/C22H30FNO2/c1-6-17-14-19(20(23)15-18(17)7-2)9-8-16-10-12-24(13-11-16)21(25)26-22(3,4)5/h2,14-16H,6,8-13H2,1,3-5H3. The molecule has 3 nitrogen and oxygen atoms in total. The van der Waals surface area contributed by atoms with Gasteiger partial charge in [-0.15, -0.1) is 6.42 Å². The summed E-state index contributed by atoms with van der Waals surface area (Å²) in [5.41, 5.74) is 1.96. The number of ether oxygens (including phenoxy) is 1. The molecule has 0 saturated carbocycles. The van der Waals surface area contributed by atoms with E-state index in [1.54, 1.807) is 4.90 Å². The minimum Gasteiger partial charge on any atom is -0.444 e. The molecular formula is C22H30FNO2. The van der Waals surface area contributed by atoms with Crippen molar-refractivity contribution in [1.82, 2.24) is 4.90 Å². The molecule has 1 heterocycles. The van der Waals surface area contributed by atoms with Gasteiger partial charge in [-0.2, -0.15) is 0 Å². The lowest BCUT2D eigenvalue weighted by molar-refractivity contribution is 0.0181. The Morgan fingerprint density at radius 2 is 1.96 bits per heavy atom. The quantitative estimate of drug-likeness (QED) is 0.712. The molecule has 0 radical (unpaired) electrons. The van der Waals surface area contributed by atoms with Gasteiger partial charge in [0.1, 0.15) is 11.4 Å². The number of benzene rings is 1. The predicted molar refractivity (Wildman–Crippen MR) is 103 cm³/mol. The highest BCUT2D eigenvalue weighted by Gasteiger charge is 2.26. The Labute approximate surface area is 156 Å². The maximum Gasteiger partial charge on any atom is 0.410 e. The smallest absolute Gasteiger partial charge is 0.410 e. The van der Waals surface area contributed by atoms with Gasteiger partial charge >= 0.3 is 6.09 Å². The minimum atomic E-state index is -0.465. The van der Waals surface area contributed by atoms with Crippen LogP contribution in [0.2, 0.25) is 0 Å². The Morgan fingerprint density at radius 1 is 1.31 bits per heavy atom. The Hall–Kier alpha value is -2.02. The number of halogens is 1. The third-order valence-electron chi connectivity index (χ3n) is 4.90. The fourth-order valence-corrected chi connectivity index (χ4v) is 3.38. The topological polar surface area (TPSA) is 29.5 Å². The maximum atomic E-state index is 14.3. The molecule has 1 saturated heterocycles. The number of carbonyl (C=O) groups is 1. The second kappa shape index (κ2) is 8.58. The van der Waals surface area contributed by atoms with E-state index in [-0.39, 0.29) is 11.9 Å². The molecule has 0 N–H and O–H groups in total. The first-order chi connectivity index (χ1) is 12.2. The molecule has 1 aromatic rings. The van der Waals surface area contributed by atoms with E-state index in [0.29, 0.717) is 31.0 Å². The van der Waals surface area contributed by atoms with E-state index in [0.717, 1.165) is 36.8 Å². The molecule has 0 aliphatic carbocycles. The summed E-state index contributed by atoms with van der Waals surface area (Å²) in [6.07, 6.45) is 9.53. The molecule has 142 valence electrons. The van der Waals surface area contributed by atoms with Gasteiger partial charge in [-0.3, -0.25) is 0 Å². The number of rotatable bonds is 4. The number of likely N-dealkylation sites (tertiary alicyclic amines) is 1. The summed E-state index contributed by atoms with van der Waals surface area (Å²) in [7, 11) is 0. The second-order valence-electron chi connectivity index (χ2n) is 8.05. The summed E-state index contributed by atoms with van der Waals surface area (Å²) in [4.78, 5) is 13.9. The van der Waals surface area contributed by atoms with E-state index in [1.165, 1.54) is 6.07 Å². The Kier molecular flexibility index (Phi) is 6.69. The van der Waals surface area contributed by atoms with Crippen molar-refractivity contribution >= 4 is 6.09 Å². The van der Waals surface area contributed by atoms with E-state index in [9.17, 15) is 9.18 Å². The fourth-order valence-electron chi connectivity index (χ4n) is 3.38. The van der Waals surface area contributed by atoms with Gasteiger partial charge in [0, 0.05) is 18.7 Å². The zero-order valence-electron chi connectivity index (χ0n) is 16.4. The molecule has 1 aliphatic heterocycles. The summed E-state index contributed by atoms with van der Waals surface area (Å²) >= 11 is 0. The molecule has 0 aromatic heterocycles. The fraction of sp³-hybridized carbons (Fsp3) is 0.591. The van der Waals surface area contributed by atoms with Crippen LogP contribution in [0.4, 0.5) is 9.18 Å². The van der Waals surface area contributed by atoms with E-state index in [2.05, 4.69) is 5.92 Å². The SMILES string of the molecule is C#Cc1cc(F)c(CCC2CCN(C(=O)OC(C)(C)C)CC2)cc1CC. The third-order valence-corrected chi connectivity index (χ3v) is 4.90. The van der Waals surface area contributed by atoms with Crippen LogP contribution in [0.1, 0.15) is 63.6 Å². The van der Waals surface area contributed by atoms with Crippen LogP contribution in [-0.2, 0) is 17.6 Å². The minimum absolute atomic E-state index is 0.207. The average Bonchev–Trinajstić information content (AvgIpc) is 2.59. The molecule has 26 heavy (non-hydrogen) atoms. The van der Waals surface area contributed by atoms with Crippen LogP contribution in [0.5, 0.6) is 0 Å². The first-order valence-corrected chi connectivity index (χ1v) is 9.49. The highest BCUT2D eigenvalue weighted by molar-refractivity contribution is 5.68. The highest BCUT2D eigenvalue weighted by atomic mass is 19.1. The van der Waals surface area contributed by atoms with E-state index in [4.69, 9.17) is 11.2 Å². The number of aryl methyl sites for hydroxylation is 2. The van der Waals surface area contributed by atoms with Gasteiger partial charge in [-0.05, 0) is 76.0 Å². The largest absolute Gasteiger partial charge is 0.444 e. The zero-order chi connectivity index (χ0) is 19.3. The molecule has 1 aliphatic rings. The number of amides is 1. The summed E-state index contributed by atoms with van der Waals surface area (Å²) in [6.45, 7) is 9.08. The molecular weight excluding hydrogens is 329 g/mol. The molecule has 0 bridgehead atoms. The van der Waals surface area contributed by atoms with E-state index >= 15 is 0 Å². The first-order valence-electron chi connectivity index (χ1n) is 9.49. The van der Waals surface area contributed by atoms with Crippen molar-refractivity contribution in [2.75, 3.05) is 13.1 Å². The molecule has 0 atom stereocenters. The summed E-state index contributed by atoms with van der Waals surface area (Å²) in [6, 6.07) is 3.40. The molecule has 0 spiro atoms. The van der Waals surface area contributed by atoms with Gasteiger partial charge in [0.25, 0.3) is 0 Å². The van der Waals surface area contributed by atoms with Crippen molar-refractivity contribution in [3.05, 3.63) is 34.6 Å². The highest BCUT2D eigenvalue weighted by Crippen LogP contribution is 2.25. The predicted octanol–water partition coefficient (Wildman–Crippen LogP) is 4.95. The lowest BCUT2D eigenvalue weighted by atomic mass is 9.89. The van der Waals surface area contributed by atoms with Crippen molar-refractivity contribution in [2.45, 2.75) is 65.4 Å². The third kappa shape index (κ3) is 5.49. The van der Waals surface area contributed by atoms with Crippen LogP contribution >= 0.6 is 0 Å². The second-order valence-corrected chi connectivity index (χ2v) is 8.05. The monoisotopic (exact) mass is 359 g/mol. The van der Waals surface area contributed by atoms with Gasteiger partial charge < -0.3 is 9.64 Å². The van der Waals surface area contributed by atoms with Gasteiger partial charge in [-0.1, -0.05) is 18.9 Å². The summed E-state index contributed by atoms with van der Waals surface area (Å²) < 4.78 is 19.7. The average molecular weight is 359 g/mol. The Morgan fingerprint density at radius 3 is 2.50 bits per heavy atom. The van der Waals surface area contributed by atoms with Gasteiger partial charge in [-0.25, -0.2) is 9.18 Å². The Balaban J connectivity index is 1.87. The zero-order valence-corrected chi connectivity index (χ0v) is 16.4. The van der Waals surface area contributed by atoms with Gasteiger partial charge in [0.2, 0.25) is 0 Å². The maximum absolute atomic E-state index is 14.3. The number of nitrogens with zero attached hydrogens (tertiary/aromatic N) is 1. The van der Waals surface area contributed by atoms with E-state index < -0.39 is 5.60 Å². The van der Waals surface area contributed by atoms with Crippen LogP contribution in [0.15, 0.2) is 12.1 Å². The van der Waals surface area contributed by atoms with Crippen LogP contribution < -0.4 is 0 Å². The molecule has 0 unspecified atom stereocenters.